The minimum Gasteiger partial charge on any atom is -0.296 e. The molecule has 0 bridgehead atoms. The quantitative estimate of drug-likeness (QED) is 0.807. The van der Waals surface area contributed by atoms with Crippen molar-refractivity contribution in [2.75, 3.05) is 0 Å². The lowest BCUT2D eigenvalue weighted by Gasteiger charge is -2.01. The Hall–Kier alpha value is -1.84. The van der Waals surface area contributed by atoms with Crippen molar-refractivity contribution in [2.45, 2.75) is 20.3 Å². The van der Waals surface area contributed by atoms with Gasteiger partial charge in [-0.05, 0) is 19.4 Å². The van der Waals surface area contributed by atoms with E-state index in [0.29, 0.717) is 12.2 Å². The molecule has 0 fully saturated rings. The maximum absolute atomic E-state index is 10.7. The molecule has 4 heteroatoms. The number of benzene rings is 1. The number of aryl methyl sites for hydroxylation is 2. The van der Waals surface area contributed by atoms with E-state index >= 15 is 0 Å². The zero-order valence-electron chi connectivity index (χ0n) is 8.70. The van der Waals surface area contributed by atoms with E-state index in [9.17, 15) is 4.79 Å². The standard InChI is InChI=1S/C11H12N2O2/c1-7-3-8(2)5-9(4-7)6-10-12-11(14)15-13-10/h3-5H,6H2,1-2H3,(H,12,13,14). The Kier molecular flexibility index (Phi) is 2.41. The van der Waals surface area contributed by atoms with Crippen molar-refractivity contribution in [3.8, 4) is 0 Å². The number of hydrogen-bond donors (Lipinski definition) is 1. The molecule has 4 nitrogen and oxygen atoms in total. The maximum Gasteiger partial charge on any atom is 0.438 e. The Balaban J connectivity index is 2.27. The lowest BCUT2D eigenvalue weighted by atomic mass is 10.1. The monoisotopic (exact) mass is 204 g/mol. The summed E-state index contributed by atoms with van der Waals surface area (Å²) in [7, 11) is 0. The highest BCUT2D eigenvalue weighted by Gasteiger charge is 2.03. The zero-order valence-corrected chi connectivity index (χ0v) is 8.70. The first-order chi connectivity index (χ1) is 7.13. The van der Waals surface area contributed by atoms with E-state index in [4.69, 9.17) is 0 Å². The molecule has 1 aromatic heterocycles. The third-order valence-corrected chi connectivity index (χ3v) is 2.14. The fourth-order valence-corrected chi connectivity index (χ4v) is 1.70. The number of nitrogens with zero attached hydrogens (tertiary/aromatic N) is 1. The van der Waals surface area contributed by atoms with E-state index in [1.54, 1.807) is 0 Å². The fourth-order valence-electron chi connectivity index (χ4n) is 1.70. The van der Waals surface area contributed by atoms with Crippen molar-refractivity contribution < 1.29 is 4.52 Å². The van der Waals surface area contributed by atoms with Gasteiger partial charge in [0.15, 0.2) is 5.82 Å². The first kappa shape index (κ1) is 9.71. The molecule has 0 aliphatic heterocycles. The molecule has 0 radical (unpaired) electrons. The molecule has 0 saturated carbocycles. The van der Waals surface area contributed by atoms with Gasteiger partial charge in [0.2, 0.25) is 0 Å². The van der Waals surface area contributed by atoms with Crippen LogP contribution in [0.3, 0.4) is 0 Å². The minimum atomic E-state index is -0.505. The second-order valence-electron chi connectivity index (χ2n) is 3.71. The smallest absolute Gasteiger partial charge is 0.296 e. The molecule has 0 amide bonds. The van der Waals surface area contributed by atoms with Gasteiger partial charge in [-0.15, -0.1) is 0 Å². The second kappa shape index (κ2) is 3.73. The lowest BCUT2D eigenvalue weighted by molar-refractivity contribution is 0.382. The normalized spacial score (nSPS) is 10.5. The van der Waals surface area contributed by atoms with Crippen LogP contribution in [-0.2, 0) is 6.42 Å². The van der Waals surface area contributed by atoms with Crippen molar-refractivity contribution in [2.24, 2.45) is 0 Å². The van der Waals surface area contributed by atoms with Crippen LogP contribution in [0.5, 0.6) is 0 Å². The summed E-state index contributed by atoms with van der Waals surface area (Å²) in [4.78, 5) is 13.3. The maximum atomic E-state index is 10.7. The molecule has 0 saturated heterocycles. The van der Waals surface area contributed by atoms with E-state index in [2.05, 4.69) is 32.9 Å². The molecule has 1 heterocycles. The van der Waals surface area contributed by atoms with Crippen molar-refractivity contribution in [1.29, 1.82) is 0 Å². The van der Waals surface area contributed by atoms with Crippen LogP contribution in [0.25, 0.3) is 0 Å². The summed E-state index contributed by atoms with van der Waals surface area (Å²) < 4.78 is 4.44. The predicted octanol–water partition coefficient (Wildman–Crippen LogP) is 1.57. The Morgan fingerprint density at radius 2 is 1.93 bits per heavy atom. The molecule has 0 unspecified atom stereocenters. The molecule has 0 spiro atoms. The zero-order chi connectivity index (χ0) is 10.8. The highest BCUT2D eigenvalue weighted by molar-refractivity contribution is 5.30. The van der Waals surface area contributed by atoms with Crippen LogP contribution in [0.15, 0.2) is 27.5 Å². The van der Waals surface area contributed by atoms with Crippen LogP contribution >= 0.6 is 0 Å². The van der Waals surface area contributed by atoms with Crippen LogP contribution in [0.4, 0.5) is 0 Å². The Labute approximate surface area is 86.9 Å². The fraction of sp³-hybridized carbons (Fsp3) is 0.273. The van der Waals surface area contributed by atoms with Crippen molar-refractivity contribution >= 4 is 0 Å². The molecule has 1 N–H and O–H groups in total. The van der Waals surface area contributed by atoms with E-state index < -0.39 is 5.76 Å². The summed E-state index contributed by atoms with van der Waals surface area (Å²) in [5.41, 5.74) is 3.53. The van der Waals surface area contributed by atoms with Crippen molar-refractivity contribution in [3.63, 3.8) is 0 Å². The van der Waals surface area contributed by atoms with Crippen LogP contribution in [0.1, 0.15) is 22.5 Å². The third-order valence-electron chi connectivity index (χ3n) is 2.14. The van der Waals surface area contributed by atoms with E-state index in [1.165, 1.54) is 11.1 Å². The Morgan fingerprint density at radius 3 is 2.47 bits per heavy atom. The topological polar surface area (TPSA) is 58.9 Å². The predicted molar refractivity (Wildman–Crippen MR) is 55.8 cm³/mol. The summed E-state index contributed by atoms with van der Waals surface area (Å²) in [5, 5.41) is 3.63. The summed E-state index contributed by atoms with van der Waals surface area (Å²) in [6.45, 7) is 4.09. The van der Waals surface area contributed by atoms with Gasteiger partial charge in [-0.3, -0.25) is 9.51 Å². The number of nitrogens with one attached hydrogen (secondary N) is 1. The van der Waals surface area contributed by atoms with Gasteiger partial charge in [0.05, 0.1) is 0 Å². The molecular formula is C11H12N2O2. The van der Waals surface area contributed by atoms with E-state index in [0.717, 1.165) is 5.56 Å². The molecule has 0 aliphatic carbocycles. The molecule has 2 rings (SSSR count). The number of hydrogen-bond acceptors (Lipinski definition) is 3. The average Bonchev–Trinajstić information content (AvgIpc) is 2.49. The van der Waals surface area contributed by atoms with Crippen LogP contribution in [-0.4, -0.2) is 10.1 Å². The van der Waals surface area contributed by atoms with Crippen LogP contribution in [0.2, 0.25) is 0 Å². The minimum absolute atomic E-state index is 0.505. The van der Waals surface area contributed by atoms with Gasteiger partial charge >= 0.3 is 5.76 Å². The van der Waals surface area contributed by atoms with Gasteiger partial charge in [0, 0.05) is 6.42 Å². The molecule has 78 valence electrons. The van der Waals surface area contributed by atoms with Gasteiger partial charge in [0.1, 0.15) is 0 Å². The molecular weight excluding hydrogens is 192 g/mol. The molecule has 0 atom stereocenters. The van der Waals surface area contributed by atoms with Crippen LogP contribution in [0, 0.1) is 13.8 Å². The number of H-pyrrole nitrogens is 1. The first-order valence-electron chi connectivity index (χ1n) is 4.75. The third kappa shape index (κ3) is 2.34. The van der Waals surface area contributed by atoms with Crippen LogP contribution < -0.4 is 5.76 Å². The van der Waals surface area contributed by atoms with Gasteiger partial charge in [-0.2, -0.15) is 0 Å². The highest BCUT2D eigenvalue weighted by Crippen LogP contribution is 2.11. The van der Waals surface area contributed by atoms with Gasteiger partial charge in [-0.1, -0.05) is 34.5 Å². The molecule has 2 aromatic rings. The summed E-state index contributed by atoms with van der Waals surface area (Å²) >= 11 is 0. The molecule has 0 aliphatic rings. The van der Waals surface area contributed by atoms with E-state index in [1.807, 2.05) is 13.8 Å². The summed E-state index contributed by atoms with van der Waals surface area (Å²) in [6.07, 6.45) is 0.592. The van der Waals surface area contributed by atoms with E-state index in [-0.39, 0.29) is 0 Å². The SMILES string of the molecule is Cc1cc(C)cc(Cc2noc(=O)[nH]2)c1. The summed E-state index contributed by atoms with van der Waals surface area (Å²) in [6, 6.07) is 6.25. The van der Waals surface area contributed by atoms with Crippen molar-refractivity contribution in [3.05, 3.63) is 51.3 Å². The second-order valence-corrected chi connectivity index (χ2v) is 3.71. The summed E-state index contributed by atoms with van der Waals surface area (Å²) in [5.74, 6) is 0.0550. The van der Waals surface area contributed by atoms with Gasteiger partial charge in [-0.25, -0.2) is 4.79 Å². The Bertz CT molecular complexity index is 505. The van der Waals surface area contributed by atoms with Gasteiger partial charge < -0.3 is 0 Å². The highest BCUT2D eigenvalue weighted by atomic mass is 16.5. The van der Waals surface area contributed by atoms with Crippen molar-refractivity contribution in [1.82, 2.24) is 10.1 Å². The Morgan fingerprint density at radius 1 is 1.27 bits per heavy atom. The lowest BCUT2D eigenvalue weighted by Crippen LogP contribution is -1.98. The molecule has 1 aromatic carbocycles. The largest absolute Gasteiger partial charge is 0.438 e. The first-order valence-corrected chi connectivity index (χ1v) is 4.75. The number of aromatic amines is 1. The average molecular weight is 204 g/mol. The number of aromatic nitrogens is 2. The van der Waals surface area contributed by atoms with Gasteiger partial charge in [0.25, 0.3) is 0 Å². The molecule has 15 heavy (non-hydrogen) atoms. The number of rotatable bonds is 2.